The molecule has 2 rings (SSSR count). The van der Waals surface area contributed by atoms with Gasteiger partial charge in [-0.15, -0.1) is 0 Å². The summed E-state index contributed by atoms with van der Waals surface area (Å²) >= 11 is 3.73. The lowest BCUT2D eigenvalue weighted by atomic mass is 9.83. The monoisotopic (exact) mass is 322 g/mol. The molecule has 1 nitrogen and oxygen atoms in total. The van der Waals surface area contributed by atoms with Crippen molar-refractivity contribution in [3.8, 4) is 0 Å². The SMILES string of the molecule is C/C(=C/C(C)O)c1ccc(C2CCCCC2)c(Br)c1. The van der Waals surface area contributed by atoms with Crippen LogP contribution in [0.2, 0.25) is 0 Å². The summed E-state index contributed by atoms with van der Waals surface area (Å²) < 4.78 is 1.22. The quantitative estimate of drug-likeness (QED) is 0.802. The third-order valence-corrected chi connectivity index (χ3v) is 4.68. The van der Waals surface area contributed by atoms with Crippen molar-refractivity contribution in [1.82, 2.24) is 0 Å². The number of allylic oxidation sites excluding steroid dienone is 1. The molecule has 0 amide bonds. The summed E-state index contributed by atoms with van der Waals surface area (Å²) in [5.41, 5.74) is 3.77. The lowest BCUT2D eigenvalue weighted by Gasteiger charge is -2.23. The van der Waals surface area contributed by atoms with Crippen LogP contribution in [0.5, 0.6) is 0 Å². The molecule has 0 saturated heterocycles. The van der Waals surface area contributed by atoms with Gasteiger partial charge in [0.2, 0.25) is 0 Å². The van der Waals surface area contributed by atoms with Gasteiger partial charge in [0, 0.05) is 4.47 Å². The second kappa shape index (κ2) is 6.71. The zero-order valence-corrected chi connectivity index (χ0v) is 13.4. The van der Waals surface area contributed by atoms with E-state index in [1.165, 1.54) is 47.7 Å². The van der Waals surface area contributed by atoms with Gasteiger partial charge >= 0.3 is 0 Å². The van der Waals surface area contributed by atoms with E-state index in [-0.39, 0.29) is 0 Å². The Morgan fingerprint density at radius 2 is 2.00 bits per heavy atom. The summed E-state index contributed by atoms with van der Waals surface area (Å²) in [6.07, 6.45) is 8.25. The summed E-state index contributed by atoms with van der Waals surface area (Å²) in [6, 6.07) is 6.63. The van der Waals surface area contributed by atoms with Crippen LogP contribution in [-0.4, -0.2) is 11.2 Å². The first-order chi connectivity index (χ1) is 9.08. The topological polar surface area (TPSA) is 20.2 Å². The largest absolute Gasteiger partial charge is 0.389 e. The maximum atomic E-state index is 9.42. The molecule has 1 aliphatic carbocycles. The van der Waals surface area contributed by atoms with Crippen LogP contribution in [0, 0.1) is 0 Å². The van der Waals surface area contributed by atoms with Gasteiger partial charge in [0.05, 0.1) is 6.10 Å². The maximum Gasteiger partial charge on any atom is 0.0698 e. The first-order valence-corrected chi connectivity index (χ1v) is 8.03. The number of halogens is 1. The second-order valence-corrected chi connectivity index (χ2v) is 6.52. The Kier molecular flexibility index (Phi) is 5.23. The highest BCUT2D eigenvalue weighted by atomic mass is 79.9. The number of hydrogen-bond acceptors (Lipinski definition) is 1. The number of aliphatic hydroxyl groups excluding tert-OH is 1. The van der Waals surface area contributed by atoms with Gasteiger partial charge < -0.3 is 5.11 Å². The van der Waals surface area contributed by atoms with Crippen LogP contribution in [0.15, 0.2) is 28.7 Å². The first kappa shape index (κ1) is 14.8. The minimum Gasteiger partial charge on any atom is -0.389 e. The van der Waals surface area contributed by atoms with Crippen LogP contribution in [0.3, 0.4) is 0 Å². The van der Waals surface area contributed by atoms with Gasteiger partial charge in [-0.2, -0.15) is 0 Å². The Hall–Kier alpha value is -0.600. The average molecular weight is 323 g/mol. The van der Waals surface area contributed by atoms with E-state index in [1.807, 2.05) is 6.08 Å². The number of aliphatic hydroxyl groups is 1. The highest BCUT2D eigenvalue weighted by Gasteiger charge is 2.17. The van der Waals surface area contributed by atoms with Gasteiger partial charge in [-0.1, -0.05) is 53.4 Å². The molecule has 1 unspecified atom stereocenters. The van der Waals surface area contributed by atoms with Crippen molar-refractivity contribution in [2.45, 2.75) is 58.0 Å². The second-order valence-electron chi connectivity index (χ2n) is 5.66. The molecule has 1 fully saturated rings. The van der Waals surface area contributed by atoms with Gasteiger partial charge in [0.15, 0.2) is 0 Å². The molecule has 1 aromatic carbocycles. The van der Waals surface area contributed by atoms with E-state index < -0.39 is 6.10 Å². The normalized spacial score (nSPS) is 19.5. The summed E-state index contributed by atoms with van der Waals surface area (Å²) in [4.78, 5) is 0. The van der Waals surface area contributed by atoms with Gasteiger partial charge in [-0.3, -0.25) is 0 Å². The van der Waals surface area contributed by atoms with E-state index in [0.29, 0.717) is 0 Å². The van der Waals surface area contributed by atoms with E-state index in [9.17, 15) is 5.11 Å². The van der Waals surface area contributed by atoms with E-state index in [1.54, 1.807) is 6.92 Å². The van der Waals surface area contributed by atoms with Gasteiger partial charge in [-0.25, -0.2) is 0 Å². The van der Waals surface area contributed by atoms with Crippen molar-refractivity contribution < 1.29 is 5.11 Å². The molecule has 1 atom stereocenters. The molecule has 0 radical (unpaired) electrons. The summed E-state index contributed by atoms with van der Waals surface area (Å²) in [6.45, 7) is 3.84. The van der Waals surface area contributed by atoms with Gasteiger partial charge in [-0.05, 0) is 55.4 Å². The Bertz CT molecular complexity index is 456. The fraction of sp³-hybridized carbons (Fsp3) is 0.529. The van der Waals surface area contributed by atoms with Crippen molar-refractivity contribution in [1.29, 1.82) is 0 Å². The van der Waals surface area contributed by atoms with Crippen LogP contribution in [0.25, 0.3) is 5.57 Å². The highest BCUT2D eigenvalue weighted by molar-refractivity contribution is 9.10. The molecule has 104 valence electrons. The Morgan fingerprint density at radius 1 is 1.32 bits per heavy atom. The maximum absolute atomic E-state index is 9.42. The van der Waals surface area contributed by atoms with Crippen molar-refractivity contribution >= 4 is 21.5 Å². The van der Waals surface area contributed by atoms with E-state index in [2.05, 4.69) is 41.1 Å². The molecule has 1 aliphatic rings. The number of benzene rings is 1. The van der Waals surface area contributed by atoms with E-state index >= 15 is 0 Å². The van der Waals surface area contributed by atoms with Crippen LogP contribution >= 0.6 is 15.9 Å². The minimum absolute atomic E-state index is 0.392. The van der Waals surface area contributed by atoms with Crippen molar-refractivity contribution in [2.24, 2.45) is 0 Å². The van der Waals surface area contributed by atoms with Crippen LogP contribution in [0.1, 0.15) is 63.0 Å². The fourth-order valence-corrected chi connectivity index (χ4v) is 3.68. The summed E-state index contributed by atoms with van der Waals surface area (Å²) in [7, 11) is 0. The van der Waals surface area contributed by atoms with Crippen molar-refractivity contribution in [2.75, 3.05) is 0 Å². The third kappa shape index (κ3) is 3.93. The Labute approximate surface area is 124 Å². The summed E-state index contributed by atoms with van der Waals surface area (Å²) in [5.74, 6) is 0.721. The van der Waals surface area contributed by atoms with Gasteiger partial charge in [0.25, 0.3) is 0 Å². The molecule has 0 heterocycles. The molecule has 1 aromatic rings. The molecule has 0 spiro atoms. The molecule has 1 N–H and O–H groups in total. The molecular weight excluding hydrogens is 300 g/mol. The predicted molar refractivity (Wildman–Crippen MR) is 85.3 cm³/mol. The third-order valence-electron chi connectivity index (χ3n) is 3.99. The fourth-order valence-electron chi connectivity index (χ4n) is 2.98. The van der Waals surface area contributed by atoms with Gasteiger partial charge in [0.1, 0.15) is 0 Å². The first-order valence-electron chi connectivity index (χ1n) is 7.24. The molecule has 2 heteroatoms. The Morgan fingerprint density at radius 3 is 2.58 bits per heavy atom. The van der Waals surface area contributed by atoms with Crippen LogP contribution < -0.4 is 0 Å². The Balaban J connectivity index is 2.21. The van der Waals surface area contributed by atoms with E-state index in [0.717, 1.165) is 11.5 Å². The smallest absolute Gasteiger partial charge is 0.0698 e. The zero-order chi connectivity index (χ0) is 13.8. The van der Waals surface area contributed by atoms with Crippen molar-refractivity contribution in [3.05, 3.63) is 39.9 Å². The lowest BCUT2D eigenvalue weighted by molar-refractivity contribution is 0.244. The van der Waals surface area contributed by atoms with Crippen LogP contribution in [0.4, 0.5) is 0 Å². The molecule has 0 bridgehead atoms. The number of rotatable bonds is 3. The molecular formula is C17H23BrO. The molecule has 19 heavy (non-hydrogen) atoms. The average Bonchev–Trinajstić information content (AvgIpc) is 2.38. The molecule has 0 aromatic heterocycles. The van der Waals surface area contributed by atoms with Crippen molar-refractivity contribution in [3.63, 3.8) is 0 Å². The number of hydrogen-bond donors (Lipinski definition) is 1. The standard InChI is InChI=1S/C17H23BrO/c1-12(10-13(2)19)15-8-9-16(17(18)11-15)14-6-4-3-5-7-14/h8-11,13-14,19H,3-7H2,1-2H3/b12-10-. The molecule has 0 aliphatic heterocycles. The van der Waals surface area contributed by atoms with Crippen LogP contribution in [-0.2, 0) is 0 Å². The highest BCUT2D eigenvalue weighted by Crippen LogP contribution is 2.37. The minimum atomic E-state index is -0.392. The predicted octanol–water partition coefficient (Wildman–Crippen LogP) is 5.28. The summed E-state index contributed by atoms with van der Waals surface area (Å²) in [5, 5.41) is 9.42. The lowest BCUT2D eigenvalue weighted by Crippen LogP contribution is -2.05. The van der Waals surface area contributed by atoms with E-state index in [4.69, 9.17) is 0 Å². The zero-order valence-electron chi connectivity index (χ0n) is 11.8. The molecule has 1 saturated carbocycles.